The maximum Gasteiger partial charge on any atom is 0.306 e. The number of nitrogens with one attached hydrogen (secondary N) is 1. The lowest BCUT2D eigenvalue weighted by Gasteiger charge is -2.22. The van der Waals surface area contributed by atoms with Gasteiger partial charge in [0, 0.05) is 26.2 Å². The second-order valence-electron chi connectivity index (χ2n) is 5.14. The predicted molar refractivity (Wildman–Crippen MR) is 75.3 cm³/mol. The fraction of sp³-hybridized carbons (Fsp3) is 0.857. The van der Waals surface area contributed by atoms with Crippen LogP contribution in [0, 0.1) is 0 Å². The van der Waals surface area contributed by atoms with E-state index < -0.39 is 0 Å². The van der Waals surface area contributed by atoms with Crippen molar-refractivity contribution in [2.24, 2.45) is 0 Å². The maximum absolute atomic E-state index is 12.0. The minimum absolute atomic E-state index is 0.0258. The van der Waals surface area contributed by atoms with Crippen LogP contribution in [0.2, 0.25) is 0 Å². The van der Waals surface area contributed by atoms with Gasteiger partial charge in [0.05, 0.1) is 26.7 Å². The van der Waals surface area contributed by atoms with E-state index in [-0.39, 0.29) is 18.3 Å². The van der Waals surface area contributed by atoms with Crippen LogP contribution in [-0.2, 0) is 19.1 Å². The van der Waals surface area contributed by atoms with Crippen molar-refractivity contribution in [3.8, 4) is 0 Å². The maximum atomic E-state index is 12.0. The summed E-state index contributed by atoms with van der Waals surface area (Å²) >= 11 is 0. The molecule has 1 aliphatic rings. The van der Waals surface area contributed by atoms with E-state index >= 15 is 0 Å². The Morgan fingerprint density at radius 3 is 2.50 bits per heavy atom. The van der Waals surface area contributed by atoms with E-state index in [9.17, 15) is 9.59 Å². The summed E-state index contributed by atoms with van der Waals surface area (Å²) in [4.78, 5) is 25.1. The van der Waals surface area contributed by atoms with E-state index in [1.807, 2.05) is 4.90 Å². The van der Waals surface area contributed by atoms with Crippen LogP contribution in [0.5, 0.6) is 0 Å². The van der Waals surface area contributed by atoms with Gasteiger partial charge in [0.1, 0.15) is 0 Å². The van der Waals surface area contributed by atoms with Gasteiger partial charge in [-0.05, 0) is 12.8 Å². The molecule has 1 amide bonds. The average molecular weight is 286 g/mol. The average Bonchev–Trinajstić information content (AvgIpc) is 2.94. The molecule has 0 unspecified atom stereocenters. The summed E-state index contributed by atoms with van der Waals surface area (Å²) < 4.78 is 9.65. The normalized spacial score (nSPS) is 15.6. The van der Waals surface area contributed by atoms with Gasteiger partial charge in [-0.25, -0.2) is 0 Å². The van der Waals surface area contributed by atoms with E-state index in [0.717, 1.165) is 12.8 Å². The number of nitrogens with zero attached hydrogens (tertiary/aromatic N) is 1. The van der Waals surface area contributed by atoms with Gasteiger partial charge in [-0.3, -0.25) is 14.5 Å². The molecule has 1 N–H and O–H groups in total. The molecule has 1 fully saturated rings. The summed E-state index contributed by atoms with van der Waals surface area (Å²) in [5.41, 5.74) is 0. The van der Waals surface area contributed by atoms with Gasteiger partial charge in [0.25, 0.3) is 0 Å². The Hall–Kier alpha value is -1.14. The lowest BCUT2D eigenvalue weighted by molar-refractivity contribution is -0.141. The Balaban J connectivity index is 2.33. The number of ether oxygens (including phenoxy) is 2. The predicted octanol–water partition coefficient (Wildman–Crippen LogP) is 0.557. The Morgan fingerprint density at radius 2 is 1.90 bits per heavy atom. The van der Waals surface area contributed by atoms with Crippen LogP contribution in [0.1, 0.15) is 32.1 Å². The van der Waals surface area contributed by atoms with Gasteiger partial charge in [-0.2, -0.15) is 0 Å². The quantitative estimate of drug-likeness (QED) is 0.627. The van der Waals surface area contributed by atoms with Gasteiger partial charge >= 0.3 is 5.97 Å². The van der Waals surface area contributed by atoms with Crippen molar-refractivity contribution in [1.29, 1.82) is 0 Å². The largest absolute Gasteiger partial charge is 0.469 e. The second-order valence-corrected chi connectivity index (χ2v) is 5.14. The molecular formula is C14H26N2O4. The molecule has 6 heteroatoms. The lowest BCUT2D eigenvalue weighted by atomic mass is 10.2. The fourth-order valence-corrected chi connectivity index (χ4v) is 2.39. The number of carbonyl (C=O) groups excluding carboxylic acids is 2. The van der Waals surface area contributed by atoms with E-state index in [4.69, 9.17) is 4.74 Å². The van der Waals surface area contributed by atoms with Crippen LogP contribution < -0.4 is 5.32 Å². The zero-order valence-electron chi connectivity index (χ0n) is 12.5. The Morgan fingerprint density at radius 1 is 1.20 bits per heavy atom. The van der Waals surface area contributed by atoms with Crippen molar-refractivity contribution in [1.82, 2.24) is 10.2 Å². The monoisotopic (exact) mass is 286 g/mol. The molecule has 0 atom stereocenters. The minimum Gasteiger partial charge on any atom is -0.469 e. The molecule has 1 saturated carbocycles. The molecule has 0 aromatic carbocycles. The zero-order valence-corrected chi connectivity index (χ0v) is 12.5. The first kappa shape index (κ1) is 16.9. The van der Waals surface area contributed by atoms with E-state index in [1.165, 1.54) is 20.0 Å². The van der Waals surface area contributed by atoms with Gasteiger partial charge in [-0.1, -0.05) is 12.8 Å². The van der Waals surface area contributed by atoms with Gasteiger partial charge in [0.2, 0.25) is 5.91 Å². The molecule has 1 rings (SSSR count). The summed E-state index contributed by atoms with van der Waals surface area (Å²) in [6, 6.07) is 0.326. The number of carbonyl (C=O) groups is 2. The number of amides is 1. The first-order valence-electron chi connectivity index (χ1n) is 7.23. The van der Waals surface area contributed by atoms with Crippen molar-refractivity contribution < 1.29 is 19.1 Å². The number of esters is 1. The second kappa shape index (κ2) is 9.72. The molecule has 116 valence electrons. The number of hydrogen-bond acceptors (Lipinski definition) is 5. The van der Waals surface area contributed by atoms with Gasteiger partial charge in [0.15, 0.2) is 0 Å². The van der Waals surface area contributed by atoms with Crippen molar-refractivity contribution in [2.45, 2.75) is 38.1 Å². The highest BCUT2D eigenvalue weighted by molar-refractivity contribution is 5.78. The lowest BCUT2D eigenvalue weighted by Crippen LogP contribution is -2.42. The molecule has 0 saturated heterocycles. The summed E-state index contributed by atoms with van der Waals surface area (Å²) in [6.45, 7) is 1.98. The van der Waals surface area contributed by atoms with Crippen molar-refractivity contribution in [3.63, 3.8) is 0 Å². The van der Waals surface area contributed by atoms with Gasteiger partial charge in [-0.15, -0.1) is 0 Å². The SMILES string of the molecule is COCCN(CCC(=O)OC)CC(=O)NC1CCCC1. The molecule has 1 aliphatic carbocycles. The minimum atomic E-state index is -0.261. The van der Waals surface area contributed by atoms with Crippen LogP contribution in [0.3, 0.4) is 0 Å². The van der Waals surface area contributed by atoms with E-state index in [1.54, 1.807) is 7.11 Å². The smallest absolute Gasteiger partial charge is 0.306 e. The first-order valence-corrected chi connectivity index (χ1v) is 7.23. The molecular weight excluding hydrogens is 260 g/mol. The van der Waals surface area contributed by atoms with Crippen molar-refractivity contribution in [3.05, 3.63) is 0 Å². The molecule has 0 bridgehead atoms. The molecule has 0 aromatic rings. The molecule has 0 heterocycles. The zero-order chi connectivity index (χ0) is 14.8. The first-order chi connectivity index (χ1) is 9.65. The highest BCUT2D eigenvalue weighted by Crippen LogP contribution is 2.17. The van der Waals surface area contributed by atoms with E-state index in [2.05, 4.69) is 10.1 Å². The summed E-state index contributed by atoms with van der Waals surface area (Å²) in [5, 5.41) is 3.05. The number of hydrogen-bond donors (Lipinski definition) is 1. The summed E-state index contributed by atoms with van der Waals surface area (Å²) in [7, 11) is 2.99. The standard InChI is InChI=1S/C14H26N2O4/c1-19-10-9-16(8-7-14(18)20-2)11-13(17)15-12-5-3-4-6-12/h12H,3-11H2,1-2H3,(H,15,17). The third kappa shape index (κ3) is 6.86. The van der Waals surface area contributed by atoms with Crippen LogP contribution in [0.4, 0.5) is 0 Å². The van der Waals surface area contributed by atoms with Gasteiger partial charge < -0.3 is 14.8 Å². The highest BCUT2D eigenvalue weighted by atomic mass is 16.5. The summed E-state index contributed by atoms with van der Waals surface area (Å²) in [6.07, 6.45) is 4.83. The third-order valence-electron chi connectivity index (χ3n) is 3.56. The van der Waals surface area contributed by atoms with E-state index in [0.29, 0.717) is 32.3 Å². The molecule has 6 nitrogen and oxygen atoms in total. The molecule has 20 heavy (non-hydrogen) atoms. The van der Waals surface area contributed by atoms with Crippen molar-refractivity contribution >= 4 is 11.9 Å². The number of methoxy groups -OCH3 is 2. The van der Waals surface area contributed by atoms with Crippen LogP contribution in [0.25, 0.3) is 0 Å². The Labute approximate surface area is 120 Å². The molecule has 0 radical (unpaired) electrons. The topological polar surface area (TPSA) is 67.9 Å². The molecule has 0 spiro atoms. The fourth-order valence-electron chi connectivity index (χ4n) is 2.39. The third-order valence-corrected chi connectivity index (χ3v) is 3.56. The Bertz CT molecular complexity index is 304. The molecule has 0 aromatic heterocycles. The summed E-state index contributed by atoms with van der Waals surface area (Å²) in [5.74, 6) is -0.235. The van der Waals surface area contributed by atoms with Crippen LogP contribution >= 0.6 is 0 Å². The van der Waals surface area contributed by atoms with Crippen molar-refractivity contribution in [2.75, 3.05) is 40.5 Å². The molecule has 0 aliphatic heterocycles. The van der Waals surface area contributed by atoms with Crippen LogP contribution in [0.15, 0.2) is 0 Å². The highest BCUT2D eigenvalue weighted by Gasteiger charge is 2.19. The van der Waals surface area contributed by atoms with Crippen LogP contribution in [-0.4, -0.2) is 63.3 Å². The Kier molecular flexibility index (Phi) is 8.22. The number of rotatable bonds is 9.